The summed E-state index contributed by atoms with van der Waals surface area (Å²) in [6.45, 7) is 1.51. The second-order valence-corrected chi connectivity index (χ2v) is 6.84. The highest BCUT2D eigenvalue weighted by Crippen LogP contribution is 2.19. The largest absolute Gasteiger partial charge is 0.480 e. The van der Waals surface area contributed by atoms with Crippen LogP contribution in [0.5, 0.6) is 0 Å². The van der Waals surface area contributed by atoms with Crippen LogP contribution < -0.4 is 16.4 Å². The average molecular weight is 390 g/mol. The Morgan fingerprint density at radius 3 is 2.54 bits per heavy atom. The molecule has 5 N–H and O–H groups in total. The predicted octanol–water partition coefficient (Wildman–Crippen LogP) is -0.747. The van der Waals surface area contributed by atoms with E-state index in [1.807, 2.05) is 30.3 Å². The van der Waals surface area contributed by atoms with Crippen molar-refractivity contribution < 1.29 is 24.3 Å². The molecule has 3 amide bonds. The molecule has 9 heteroatoms. The van der Waals surface area contributed by atoms with E-state index in [1.165, 1.54) is 11.8 Å². The van der Waals surface area contributed by atoms with Crippen LogP contribution in [0, 0.1) is 0 Å². The van der Waals surface area contributed by atoms with Crippen LogP contribution in [0.2, 0.25) is 0 Å². The third-order valence-electron chi connectivity index (χ3n) is 4.57. The summed E-state index contributed by atoms with van der Waals surface area (Å²) in [4.78, 5) is 49.5. The molecule has 0 aromatic heterocycles. The number of hydrogen-bond donors (Lipinski definition) is 4. The summed E-state index contributed by atoms with van der Waals surface area (Å²) in [5.41, 5.74) is 6.27. The highest BCUT2D eigenvalue weighted by atomic mass is 16.4. The van der Waals surface area contributed by atoms with E-state index in [4.69, 9.17) is 5.73 Å². The number of nitrogens with two attached hydrogens (primary N) is 1. The van der Waals surface area contributed by atoms with E-state index in [-0.39, 0.29) is 13.0 Å². The van der Waals surface area contributed by atoms with Crippen molar-refractivity contribution in [3.63, 3.8) is 0 Å². The van der Waals surface area contributed by atoms with Crippen molar-refractivity contribution in [2.45, 2.75) is 44.3 Å². The normalized spacial score (nSPS) is 18.2. The topological polar surface area (TPSA) is 142 Å². The van der Waals surface area contributed by atoms with Crippen LogP contribution in [0.15, 0.2) is 30.3 Å². The zero-order chi connectivity index (χ0) is 20.7. The molecule has 2 rings (SSSR count). The summed E-state index contributed by atoms with van der Waals surface area (Å²) in [5, 5.41) is 14.4. The number of nitrogens with zero attached hydrogens (tertiary/aromatic N) is 1. The first-order valence-corrected chi connectivity index (χ1v) is 9.19. The Balaban J connectivity index is 2.10. The molecule has 1 fully saturated rings. The minimum atomic E-state index is -1.06. The van der Waals surface area contributed by atoms with E-state index in [9.17, 15) is 24.3 Å². The van der Waals surface area contributed by atoms with Crippen molar-refractivity contribution in [3.05, 3.63) is 35.9 Å². The number of carbonyl (C=O) groups excluding carboxylic acids is 3. The van der Waals surface area contributed by atoms with Crippen molar-refractivity contribution in [1.82, 2.24) is 15.5 Å². The Labute approximate surface area is 163 Å². The van der Waals surface area contributed by atoms with Gasteiger partial charge in [-0.2, -0.15) is 0 Å². The average Bonchev–Trinajstić information content (AvgIpc) is 3.16. The molecule has 152 valence electrons. The van der Waals surface area contributed by atoms with Gasteiger partial charge in [-0.25, -0.2) is 4.79 Å². The van der Waals surface area contributed by atoms with E-state index in [0.29, 0.717) is 19.4 Å². The summed E-state index contributed by atoms with van der Waals surface area (Å²) < 4.78 is 0. The maximum atomic E-state index is 13.0. The number of likely N-dealkylation sites (tertiary alicyclic amines) is 1. The van der Waals surface area contributed by atoms with Gasteiger partial charge in [0.1, 0.15) is 12.1 Å². The van der Waals surface area contributed by atoms with Crippen LogP contribution in [0.4, 0.5) is 0 Å². The Kier molecular flexibility index (Phi) is 7.51. The summed E-state index contributed by atoms with van der Waals surface area (Å²) in [6.07, 6.45) is 1.20. The van der Waals surface area contributed by atoms with Gasteiger partial charge in [0.15, 0.2) is 0 Å². The Hall–Kier alpha value is -2.94. The predicted molar refractivity (Wildman–Crippen MR) is 101 cm³/mol. The van der Waals surface area contributed by atoms with E-state index >= 15 is 0 Å². The molecule has 0 aliphatic carbocycles. The van der Waals surface area contributed by atoms with E-state index in [1.54, 1.807) is 0 Å². The lowest BCUT2D eigenvalue weighted by molar-refractivity contribution is -0.149. The van der Waals surface area contributed by atoms with E-state index in [0.717, 1.165) is 5.56 Å². The fourth-order valence-electron chi connectivity index (χ4n) is 3.11. The zero-order valence-electron chi connectivity index (χ0n) is 15.8. The second kappa shape index (κ2) is 9.84. The number of nitrogens with one attached hydrogen (secondary N) is 2. The van der Waals surface area contributed by atoms with E-state index < -0.39 is 41.8 Å². The quantitative estimate of drug-likeness (QED) is 0.460. The number of carboxylic acid groups (broad SMARTS) is 1. The third-order valence-corrected chi connectivity index (χ3v) is 4.57. The molecule has 9 nitrogen and oxygen atoms in total. The molecular weight excluding hydrogens is 364 g/mol. The summed E-state index contributed by atoms with van der Waals surface area (Å²) in [5.74, 6) is -2.53. The molecular formula is C19H26N4O5. The molecule has 28 heavy (non-hydrogen) atoms. The fourth-order valence-corrected chi connectivity index (χ4v) is 3.11. The van der Waals surface area contributed by atoms with Crippen molar-refractivity contribution in [1.29, 1.82) is 0 Å². The van der Waals surface area contributed by atoms with Crippen molar-refractivity contribution >= 4 is 23.7 Å². The number of carboxylic acids is 1. The second-order valence-electron chi connectivity index (χ2n) is 6.84. The van der Waals surface area contributed by atoms with Crippen LogP contribution in [0.25, 0.3) is 0 Å². The first-order chi connectivity index (χ1) is 13.3. The maximum absolute atomic E-state index is 13.0. The Morgan fingerprint density at radius 1 is 1.25 bits per heavy atom. The van der Waals surface area contributed by atoms with Crippen LogP contribution in [0.3, 0.4) is 0 Å². The monoisotopic (exact) mass is 390 g/mol. The number of hydrogen-bond acceptors (Lipinski definition) is 5. The number of benzene rings is 1. The van der Waals surface area contributed by atoms with Crippen molar-refractivity contribution in [3.8, 4) is 0 Å². The van der Waals surface area contributed by atoms with Gasteiger partial charge in [-0.15, -0.1) is 0 Å². The Bertz CT molecular complexity index is 722. The SMILES string of the molecule is C[C@@H](N)C(=O)NCC(=O)N[C@@H](Cc1ccccc1)C(=O)N1CCC[C@H]1C(=O)O. The van der Waals surface area contributed by atoms with Gasteiger partial charge < -0.3 is 26.4 Å². The number of aliphatic carboxylic acids is 1. The highest BCUT2D eigenvalue weighted by Gasteiger charge is 2.37. The van der Waals surface area contributed by atoms with Crippen molar-refractivity contribution in [2.24, 2.45) is 5.73 Å². The van der Waals surface area contributed by atoms with Gasteiger partial charge in [0.05, 0.1) is 12.6 Å². The maximum Gasteiger partial charge on any atom is 0.326 e. The Morgan fingerprint density at radius 2 is 1.93 bits per heavy atom. The third kappa shape index (κ3) is 5.78. The molecule has 1 aromatic rings. The van der Waals surface area contributed by atoms with Crippen LogP contribution in [0.1, 0.15) is 25.3 Å². The lowest BCUT2D eigenvalue weighted by atomic mass is 10.0. The summed E-state index contributed by atoms with van der Waals surface area (Å²) in [7, 11) is 0. The van der Waals surface area contributed by atoms with Gasteiger partial charge in [-0.05, 0) is 25.3 Å². The zero-order valence-corrected chi connectivity index (χ0v) is 15.8. The first-order valence-electron chi connectivity index (χ1n) is 9.19. The lowest BCUT2D eigenvalue weighted by Crippen LogP contribution is -2.54. The highest BCUT2D eigenvalue weighted by molar-refractivity contribution is 5.92. The van der Waals surface area contributed by atoms with Gasteiger partial charge in [0.25, 0.3) is 0 Å². The minimum Gasteiger partial charge on any atom is -0.480 e. The smallest absolute Gasteiger partial charge is 0.326 e. The van der Waals surface area contributed by atoms with Gasteiger partial charge in [0.2, 0.25) is 17.7 Å². The van der Waals surface area contributed by atoms with Gasteiger partial charge in [-0.3, -0.25) is 14.4 Å². The van der Waals surface area contributed by atoms with Crippen LogP contribution in [-0.2, 0) is 25.6 Å². The van der Waals surface area contributed by atoms with Crippen molar-refractivity contribution in [2.75, 3.05) is 13.1 Å². The molecule has 0 saturated carbocycles. The summed E-state index contributed by atoms with van der Waals surface area (Å²) in [6, 6.07) is 6.54. The standard InChI is InChI=1S/C19H26N4O5/c1-12(20)17(25)21-11-16(24)22-14(10-13-6-3-2-4-7-13)18(26)23-9-5-8-15(23)19(27)28/h2-4,6-7,12,14-15H,5,8-11,20H2,1H3,(H,21,25)(H,22,24)(H,27,28)/t12-,14+,15+/m1/s1. The number of carbonyl (C=O) groups is 4. The van der Waals surface area contributed by atoms with Crippen LogP contribution >= 0.6 is 0 Å². The molecule has 1 saturated heterocycles. The molecule has 1 heterocycles. The van der Waals surface area contributed by atoms with Gasteiger partial charge >= 0.3 is 5.97 Å². The first kappa shape index (κ1) is 21.4. The summed E-state index contributed by atoms with van der Waals surface area (Å²) >= 11 is 0. The molecule has 0 spiro atoms. The number of rotatable bonds is 8. The molecule has 1 aromatic carbocycles. The van der Waals surface area contributed by atoms with Gasteiger partial charge in [-0.1, -0.05) is 30.3 Å². The molecule has 1 aliphatic rings. The lowest BCUT2D eigenvalue weighted by Gasteiger charge is -2.27. The van der Waals surface area contributed by atoms with E-state index in [2.05, 4.69) is 10.6 Å². The molecule has 0 radical (unpaired) electrons. The van der Waals surface area contributed by atoms with Crippen LogP contribution in [-0.4, -0.2) is 64.9 Å². The molecule has 0 bridgehead atoms. The molecule has 1 aliphatic heterocycles. The number of amides is 3. The molecule has 3 atom stereocenters. The van der Waals surface area contributed by atoms with Gasteiger partial charge in [0, 0.05) is 13.0 Å². The minimum absolute atomic E-state index is 0.218. The fraction of sp³-hybridized carbons (Fsp3) is 0.474. The molecule has 0 unspecified atom stereocenters.